The van der Waals surface area contributed by atoms with Crippen LogP contribution in [-0.2, 0) is 12.8 Å². The Morgan fingerprint density at radius 2 is 1.14 bits per heavy atom. The second kappa shape index (κ2) is 17.6. The lowest BCUT2D eigenvalue weighted by Crippen LogP contribution is -2.09. The number of nitriles is 2. The minimum absolute atomic E-state index is 0.101. The van der Waals surface area contributed by atoms with Crippen LogP contribution in [0.1, 0.15) is 99.9 Å². The van der Waals surface area contributed by atoms with Gasteiger partial charge < -0.3 is 0 Å². The predicted octanol–water partition coefficient (Wildman–Crippen LogP) is 12.3. The van der Waals surface area contributed by atoms with Crippen molar-refractivity contribution in [2.45, 2.75) is 91.9 Å². The molecular formula is C36H40N4S3. The molecule has 4 nitrogen and oxygen atoms in total. The minimum atomic E-state index is 0.101. The van der Waals surface area contributed by atoms with E-state index in [-0.39, 0.29) is 11.4 Å². The van der Waals surface area contributed by atoms with Crippen LogP contribution in [0.2, 0.25) is 0 Å². The lowest BCUT2D eigenvalue weighted by Gasteiger charge is -2.20. The third kappa shape index (κ3) is 9.26. The van der Waals surface area contributed by atoms with Crippen LogP contribution < -0.4 is 0 Å². The first kappa shape index (κ1) is 34.0. The average molecular weight is 625 g/mol. The van der Waals surface area contributed by atoms with Crippen molar-refractivity contribution in [2.75, 3.05) is 0 Å². The van der Waals surface area contributed by atoms with Crippen LogP contribution >= 0.6 is 34.0 Å². The Morgan fingerprint density at radius 3 is 1.47 bits per heavy atom. The van der Waals surface area contributed by atoms with Crippen LogP contribution in [0.3, 0.4) is 0 Å². The zero-order valence-electron chi connectivity index (χ0n) is 25.7. The van der Waals surface area contributed by atoms with E-state index in [1.807, 2.05) is 35.6 Å². The number of rotatable bonds is 16. The van der Waals surface area contributed by atoms with E-state index in [0.717, 1.165) is 35.4 Å². The van der Waals surface area contributed by atoms with E-state index in [1.54, 1.807) is 34.8 Å². The van der Waals surface area contributed by atoms with E-state index in [1.165, 1.54) is 69.2 Å². The summed E-state index contributed by atoms with van der Waals surface area (Å²) in [6.45, 7) is 23.7. The van der Waals surface area contributed by atoms with Gasteiger partial charge in [-0.2, -0.15) is 0 Å². The lowest BCUT2D eigenvalue weighted by molar-refractivity contribution is 0.436. The van der Waals surface area contributed by atoms with Gasteiger partial charge in [0.05, 0.1) is 25.3 Å². The minimum Gasteiger partial charge on any atom is -0.227 e. The van der Waals surface area contributed by atoms with Gasteiger partial charge in [0.2, 0.25) is 0 Å². The van der Waals surface area contributed by atoms with E-state index in [9.17, 15) is 10.5 Å². The topological polar surface area (TPSA) is 56.3 Å². The fourth-order valence-electron chi connectivity index (χ4n) is 5.35. The molecule has 0 bridgehead atoms. The fourth-order valence-corrected chi connectivity index (χ4v) is 8.87. The molecule has 0 N–H and O–H groups in total. The molecule has 2 unspecified atom stereocenters. The zero-order valence-corrected chi connectivity index (χ0v) is 28.2. The zero-order chi connectivity index (χ0) is 31.2. The largest absolute Gasteiger partial charge is 0.263 e. The van der Waals surface area contributed by atoms with Gasteiger partial charge in [0, 0.05) is 29.3 Å². The molecule has 0 amide bonds. The summed E-state index contributed by atoms with van der Waals surface area (Å²) in [7, 11) is 0. The summed E-state index contributed by atoms with van der Waals surface area (Å²) in [5, 5.41) is 18.6. The van der Waals surface area contributed by atoms with Crippen molar-refractivity contribution in [3.63, 3.8) is 0 Å². The first-order chi connectivity index (χ1) is 20.9. The quantitative estimate of drug-likeness (QED) is 0.118. The van der Waals surface area contributed by atoms with Gasteiger partial charge in [0.15, 0.2) is 0 Å². The molecule has 0 fully saturated rings. The van der Waals surface area contributed by atoms with Gasteiger partial charge in [0.25, 0.3) is 11.4 Å². The smallest absolute Gasteiger partial charge is 0.227 e. The van der Waals surface area contributed by atoms with Gasteiger partial charge in [-0.3, -0.25) is 0 Å². The Balaban J connectivity index is 2.25. The average Bonchev–Trinajstić information content (AvgIpc) is 3.77. The third-order valence-electron chi connectivity index (χ3n) is 7.92. The van der Waals surface area contributed by atoms with Crippen molar-refractivity contribution in [3.05, 3.63) is 79.4 Å². The van der Waals surface area contributed by atoms with Crippen molar-refractivity contribution >= 4 is 46.2 Å². The number of nitrogens with zero attached hydrogens (tertiary/aromatic N) is 4. The molecule has 0 aliphatic rings. The summed E-state index contributed by atoms with van der Waals surface area (Å²) in [4.78, 5) is 13.5. The second-order valence-electron chi connectivity index (χ2n) is 10.9. The summed E-state index contributed by atoms with van der Waals surface area (Å²) >= 11 is 5.16. The molecule has 7 heteroatoms. The van der Waals surface area contributed by atoms with E-state index in [0.29, 0.717) is 11.8 Å². The summed E-state index contributed by atoms with van der Waals surface area (Å²) in [5.41, 5.74) is 3.13. The maximum Gasteiger partial charge on any atom is 0.263 e. The van der Waals surface area contributed by atoms with Gasteiger partial charge in [-0.05, 0) is 72.2 Å². The van der Waals surface area contributed by atoms with Crippen molar-refractivity contribution in [2.24, 2.45) is 11.8 Å². The number of allylic oxidation sites excluding steroid dienone is 2. The molecule has 0 saturated heterocycles. The first-order valence-electron chi connectivity index (χ1n) is 15.3. The van der Waals surface area contributed by atoms with Gasteiger partial charge in [-0.15, -0.1) is 34.0 Å². The molecule has 2 atom stereocenters. The van der Waals surface area contributed by atoms with Gasteiger partial charge >= 0.3 is 0 Å². The number of hydrogen-bond donors (Lipinski definition) is 0. The Morgan fingerprint density at radius 1 is 0.721 bits per heavy atom. The SMILES string of the molecule is [C-]#[N+]/C(C#N)=C\c1ccc(-c2sc(-c3ccc(/C=C(\C#N)[N+]#[C-])s3)c(CC(CC)CCCC)c2CC(CC)CCCC)s1. The molecule has 0 aromatic carbocycles. The second-order valence-corrected chi connectivity index (χ2v) is 14.1. The lowest BCUT2D eigenvalue weighted by atomic mass is 9.85. The number of thiophene rings is 3. The summed E-state index contributed by atoms with van der Waals surface area (Å²) in [6.07, 6.45) is 15.1. The van der Waals surface area contributed by atoms with E-state index < -0.39 is 0 Å². The molecule has 0 radical (unpaired) electrons. The molecule has 3 heterocycles. The summed E-state index contributed by atoms with van der Waals surface area (Å²) < 4.78 is 0. The van der Waals surface area contributed by atoms with Crippen LogP contribution in [0, 0.1) is 47.6 Å². The normalized spacial score (nSPS) is 13.1. The summed E-state index contributed by atoms with van der Waals surface area (Å²) in [6, 6.07) is 12.3. The third-order valence-corrected chi connectivity index (χ3v) is 11.6. The van der Waals surface area contributed by atoms with Crippen LogP contribution in [-0.4, -0.2) is 0 Å². The Bertz CT molecular complexity index is 1440. The maximum absolute atomic E-state index is 9.31. The van der Waals surface area contributed by atoms with Crippen LogP contribution in [0.4, 0.5) is 0 Å². The standard InChI is InChI=1S/C36H40N4S3/c1-7-11-13-25(9-3)19-31-32(20-26(10-4)14-12-8-2)36(34-18-16-30(42-34)22-28(24-38)40-6)43-35(31)33-17-15-29(41-33)21-27(23-37)39-5/h15-18,21-22,25-26H,7-14,19-20H2,1-4H3/b27-21-,28-22+. The maximum atomic E-state index is 9.31. The highest BCUT2D eigenvalue weighted by atomic mass is 32.1. The van der Waals surface area contributed by atoms with Crippen LogP contribution in [0.15, 0.2) is 35.7 Å². The molecule has 0 aliphatic heterocycles. The molecular weight excluding hydrogens is 585 g/mol. The monoisotopic (exact) mass is 624 g/mol. The molecule has 3 rings (SSSR count). The van der Waals surface area contributed by atoms with Crippen LogP contribution in [0.5, 0.6) is 0 Å². The molecule has 0 aliphatic carbocycles. The number of hydrogen-bond acceptors (Lipinski definition) is 5. The van der Waals surface area contributed by atoms with Gasteiger partial charge in [-0.25, -0.2) is 20.2 Å². The first-order valence-corrected chi connectivity index (χ1v) is 17.7. The number of unbranched alkanes of at least 4 members (excludes halogenated alkanes) is 2. The molecule has 3 aromatic rings. The predicted molar refractivity (Wildman–Crippen MR) is 185 cm³/mol. The van der Waals surface area contributed by atoms with Crippen molar-refractivity contribution in [1.82, 2.24) is 0 Å². The molecule has 222 valence electrons. The fraction of sp³-hybridized carbons (Fsp3) is 0.444. The highest BCUT2D eigenvalue weighted by molar-refractivity contribution is 7.27. The van der Waals surface area contributed by atoms with Gasteiger partial charge in [0.1, 0.15) is 0 Å². The molecule has 0 saturated carbocycles. The molecule has 43 heavy (non-hydrogen) atoms. The van der Waals surface area contributed by atoms with E-state index in [2.05, 4.69) is 49.5 Å². The van der Waals surface area contributed by atoms with E-state index in [4.69, 9.17) is 13.1 Å². The Labute approximate surface area is 270 Å². The van der Waals surface area contributed by atoms with Crippen molar-refractivity contribution in [1.29, 1.82) is 10.5 Å². The molecule has 0 spiro atoms. The van der Waals surface area contributed by atoms with E-state index >= 15 is 0 Å². The van der Waals surface area contributed by atoms with Crippen LogP contribution in [0.25, 0.3) is 41.4 Å². The molecule has 3 aromatic heterocycles. The Hall–Kier alpha value is -3.46. The summed E-state index contributed by atoms with van der Waals surface area (Å²) in [5.74, 6) is 1.22. The van der Waals surface area contributed by atoms with Gasteiger partial charge in [-0.1, -0.05) is 79.1 Å². The van der Waals surface area contributed by atoms with Crippen molar-refractivity contribution < 1.29 is 0 Å². The highest BCUT2D eigenvalue weighted by Gasteiger charge is 2.26. The van der Waals surface area contributed by atoms with Crippen molar-refractivity contribution in [3.8, 4) is 31.6 Å². The Kier molecular flexibility index (Phi) is 13.9. The highest BCUT2D eigenvalue weighted by Crippen LogP contribution is 2.49.